The topological polar surface area (TPSA) is 40.5 Å². The number of carbonyl (C=O) groups is 1. The van der Waals surface area contributed by atoms with Gasteiger partial charge in [0.15, 0.2) is 0 Å². The van der Waals surface area contributed by atoms with E-state index in [0.717, 1.165) is 28.1 Å². The number of benzene rings is 3. The second-order valence-electron chi connectivity index (χ2n) is 9.12. The molecule has 4 nitrogen and oxygen atoms in total. The predicted octanol–water partition coefficient (Wildman–Crippen LogP) is 7.13. The molecule has 5 heteroatoms. The Hall–Kier alpha value is -3.31. The molecule has 0 N–H and O–H groups in total. The number of nitrogens with zero attached hydrogens (tertiary/aromatic N) is 1. The van der Waals surface area contributed by atoms with Gasteiger partial charge in [-0.2, -0.15) is 0 Å². The normalized spacial score (nSPS) is 11.6. The van der Waals surface area contributed by atoms with Crippen LogP contribution in [0.15, 0.2) is 91.1 Å². The summed E-state index contributed by atoms with van der Waals surface area (Å²) in [5.41, 5.74) is 2.82. The van der Waals surface area contributed by atoms with Crippen LogP contribution in [0.1, 0.15) is 17.2 Å². The second kappa shape index (κ2) is 9.45. The standard InChI is InChI=1S/C27H29NO3Si/c1-32(2,3)20-19-30-27(29)28-18-17-21-15-10-16-24(25(21)28)31-26(22-11-6-4-7-12-22)23-13-8-5-9-14-23/h4-18,26H,19-20H2,1-3H3. The summed E-state index contributed by atoms with van der Waals surface area (Å²) in [7, 11) is -1.28. The first-order chi connectivity index (χ1) is 15.4. The Morgan fingerprint density at radius 2 is 1.47 bits per heavy atom. The zero-order valence-electron chi connectivity index (χ0n) is 18.8. The molecule has 4 rings (SSSR count). The van der Waals surface area contributed by atoms with Crippen LogP contribution in [0.3, 0.4) is 0 Å². The molecule has 1 aromatic heterocycles. The number of fused-ring (bicyclic) bond motifs is 1. The van der Waals surface area contributed by atoms with Crippen LogP contribution in [0.2, 0.25) is 25.7 Å². The van der Waals surface area contributed by atoms with Gasteiger partial charge < -0.3 is 9.47 Å². The third-order valence-corrected chi connectivity index (χ3v) is 7.10. The SMILES string of the molecule is C[Si](C)(C)CCOC(=O)n1ccc2cccc(OC(c3ccccc3)c3ccccc3)c21. The Morgan fingerprint density at radius 3 is 2.06 bits per heavy atom. The molecule has 0 bridgehead atoms. The van der Waals surface area contributed by atoms with Crippen molar-refractivity contribution in [1.29, 1.82) is 0 Å². The first-order valence-electron chi connectivity index (χ1n) is 11.0. The summed E-state index contributed by atoms with van der Waals surface area (Å²) in [5, 5.41) is 0.935. The maximum Gasteiger partial charge on any atom is 0.418 e. The molecule has 0 saturated carbocycles. The van der Waals surface area contributed by atoms with E-state index >= 15 is 0 Å². The van der Waals surface area contributed by atoms with Gasteiger partial charge in [0.25, 0.3) is 0 Å². The van der Waals surface area contributed by atoms with E-state index < -0.39 is 8.07 Å². The van der Waals surface area contributed by atoms with Crippen molar-refractivity contribution in [2.45, 2.75) is 31.8 Å². The minimum atomic E-state index is -1.28. The summed E-state index contributed by atoms with van der Waals surface area (Å²) < 4.78 is 13.7. The van der Waals surface area contributed by atoms with Gasteiger partial charge >= 0.3 is 6.09 Å². The minimum Gasteiger partial charge on any atom is -0.479 e. The van der Waals surface area contributed by atoms with Crippen LogP contribution in [0, 0.1) is 0 Å². The van der Waals surface area contributed by atoms with E-state index in [-0.39, 0.29) is 12.2 Å². The fourth-order valence-electron chi connectivity index (χ4n) is 3.63. The highest BCUT2D eigenvalue weighted by atomic mass is 28.3. The van der Waals surface area contributed by atoms with Gasteiger partial charge in [0.05, 0.1) is 6.61 Å². The maximum absolute atomic E-state index is 12.9. The van der Waals surface area contributed by atoms with Gasteiger partial charge in [0.2, 0.25) is 0 Å². The summed E-state index contributed by atoms with van der Waals surface area (Å²) in [5.74, 6) is 0.646. The van der Waals surface area contributed by atoms with Crippen LogP contribution in [0.4, 0.5) is 4.79 Å². The lowest BCUT2D eigenvalue weighted by Gasteiger charge is -2.21. The number of hydrogen-bond acceptors (Lipinski definition) is 3. The van der Waals surface area contributed by atoms with Crippen molar-refractivity contribution in [3.8, 4) is 5.75 Å². The summed E-state index contributed by atoms with van der Waals surface area (Å²) in [6.45, 7) is 7.25. The van der Waals surface area contributed by atoms with Crippen LogP contribution >= 0.6 is 0 Å². The molecule has 1 heterocycles. The zero-order chi connectivity index (χ0) is 22.6. The van der Waals surface area contributed by atoms with Crippen molar-refractivity contribution in [2.24, 2.45) is 0 Å². The quantitative estimate of drug-likeness (QED) is 0.285. The van der Waals surface area contributed by atoms with Crippen LogP contribution in [-0.2, 0) is 4.74 Å². The molecule has 164 valence electrons. The number of carbonyl (C=O) groups excluding carboxylic acids is 1. The molecule has 3 aromatic carbocycles. The van der Waals surface area contributed by atoms with Crippen molar-refractivity contribution in [3.63, 3.8) is 0 Å². The highest BCUT2D eigenvalue weighted by Crippen LogP contribution is 2.33. The van der Waals surface area contributed by atoms with E-state index in [2.05, 4.69) is 43.9 Å². The van der Waals surface area contributed by atoms with Crippen molar-refractivity contribution < 1.29 is 14.3 Å². The second-order valence-corrected chi connectivity index (χ2v) is 14.7. The fraction of sp³-hybridized carbons (Fsp3) is 0.222. The first kappa shape index (κ1) is 21.9. The van der Waals surface area contributed by atoms with Crippen molar-refractivity contribution >= 4 is 25.1 Å². The fourth-order valence-corrected chi connectivity index (χ4v) is 4.35. The van der Waals surface area contributed by atoms with E-state index in [0.29, 0.717) is 12.4 Å². The number of para-hydroxylation sites is 1. The lowest BCUT2D eigenvalue weighted by Crippen LogP contribution is -2.24. The highest BCUT2D eigenvalue weighted by Gasteiger charge is 2.21. The lowest BCUT2D eigenvalue weighted by molar-refractivity contribution is 0.154. The number of rotatable bonds is 7. The maximum atomic E-state index is 12.9. The van der Waals surface area contributed by atoms with Crippen LogP contribution in [0.25, 0.3) is 10.9 Å². The first-order valence-corrected chi connectivity index (χ1v) is 14.7. The summed E-state index contributed by atoms with van der Waals surface area (Å²) in [6, 6.07) is 28.9. The molecule has 0 aliphatic carbocycles. The molecule has 0 radical (unpaired) electrons. The Balaban J connectivity index is 1.68. The Bertz CT molecular complexity index is 1140. The van der Waals surface area contributed by atoms with Crippen molar-refractivity contribution in [2.75, 3.05) is 6.61 Å². The molecule has 4 aromatic rings. The summed E-state index contributed by atoms with van der Waals surface area (Å²) >= 11 is 0. The summed E-state index contributed by atoms with van der Waals surface area (Å²) in [6.07, 6.45) is 1.09. The van der Waals surface area contributed by atoms with E-state index in [1.54, 1.807) is 10.8 Å². The Morgan fingerprint density at radius 1 is 0.844 bits per heavy atom. The van der Waals surface area contributed by atoms with Crippen LogP contribution in [-0.4, -0.2) is 25.3 Å². The van der Waals surface area contributed by atoms with Gasteiger partial charge in [-0.25, -0.2) is 9.36 Å². The van der Waals surface area contributed by atoms with Crippen molar-refractivity contribution in [1.82, 2.24) is 4.57 Å². The molecule has 0 aliphatic heterocycles. The third kappa shape index (κ3) is 5.11. The van der Waals surface area contributed by atoms with Gasteiger partial charge in [-0.1, -0.05) is 92.4 Å². The average molecular weight is 444 g/mol. The Kier molecular flexibility index (Phi) is 6.47. The zero-order valence-corrected chi connectivity index (χ0v) is 19.8. The number of hydrogen-bond donors (Lipinski definition) is 0. The predicted molar refractivity (Wildman–Crippen MR) is 132 cm³/mol. The largest absolute Gasteiger partial charge is 0.479 e. The van der Waals surface area contributed by atoms with E-state index in [4.69, 9.17) is 9.47 Å². The van der Waals surface area contributed by atoms with Gasteiger partial charge in [-0.3, -0.25) is 0 Å². The Labute approximate surface area is 190 Å². The highest BCUT2D eigenvalue weighted by molar-refractivity contribution is 6.76. The van der Waals surface area contributed by atoms with Crippen molar-refractivity contribution in [3.05, 3.63) is 102 Å². The molecule has 32 heavy (non-hydrogen) atoms. The van der Waals surface area contributed by atoms with Crippen LogP contribution < -0.4 is 4.74 Å². The van der Waals surface area contributed by atoms with Gasteiger partial charge in [0, 0.05) is 19.7 Å². The summed E-state index contributed by atoms with van der Waals surface area (Å²) in [4.78, 5) is 12.9. The monoisotopic (exact) mass is 443 g/mol. The smallest absolute Gasteiger partial charge is 0.418 e. The lowest BCUT2D eigenvalue weighted by atomic mass is 10.0. The van der Waals surface area contributed by atoms with E-state index in [1.165, 1.54) is 0 Å². The van der Waals surface area contributed by atoms with Gasteiger partial charge in [-0.05, 0) is 29.3 Å². The molecule has 0 fully saturated rings. The molecule has 0 saturated heterocycles. The van der Waals surface area contributed by atoms with Gasteiger partial charge in [-0.15, -0.1) is 0 Å². The van der Waals surface area contributed by atoms with Crippen LogP contribution in [0.5, 0.6) is 5.75 Å². The molecule has 0 aliphatic rings. The minimum absolute atomic E-state index is 0.297. The number of ether oxygens (including phenoxy) is 2. The molecular weight excluding hydrogens is 414 g/mol. The van der Waals surface area contributed by atoms with E-state index in [9.17, 15) is 4.79 Å². The van der Waals surface area contributed by atoms with Gasteiger partial charge in [0.1, 0.15) is 17.4 Å². The van der Waals surface area contributed by atoms with E-state index in [1.807, 2.05) is 60.7 Å². The third-order valence-electron chi connectivity index (χ3n) is 5.40. The average Bonchev–Trinajstić information content (AvgIpc) is 3.23. The molecule has 0 atom stereocenters. The number of aromatic nitrogens is 1. The molecule has 0 spiro atoms. The molecule has 0 unspecified atom stereocenters. The molecular formula is C27H29NO3Si. The molecule has 0 amide bonds.